The molecule has 0 saturated carbocycles. The number of para-hydroxylation sites is 1. The molecule has 2 amide bonds. The van der Waals surface area contributed by atoms with Gasteiger partial charge in [0.2, 0.25) is 0 Å². The minimum absolute atomic E-state index is 0.00440. The van der Waals surface area contributed by atoms with E-state index in [1.807, 2.05) is 41.4 Å². The molecule has 0 bridgehead atoms. The van der Waals surface area contributed by atoms with Gasteiger partial charge >= 0.3 is 0 Å². The van der Waals surface area contributed by atoms with Crippen LogP contribution in [-0.4, -0.2) is 45.2 Å². The molecule has 33 heavy (non-hydrogen) atoms. The lowest BCUT2D eigenvalue weighted by Crippen LogP contribution is -2.49. The van der Waals surface area contributed by atoms with Crippen molar-refractivity contribution in [1.29, 1.82) is 0 Å². The Balaban J connectivity index is 1.31. The Morgan fingerprint density at radius 2 is 1.76 bits per heavy atom. The maximum Gasteiger partial charge on any atom is 0.260 e. The molecule has 1 aliphatic heterocycles. The third-order valence-corrected chi connectivity index (χ3v) is 6.14. The highest BCUT2D eigenvalue weighted by atomic mass is 16.5. The van der Waals surface area contributed by atoms with Gasteiger partial charge in [0, 0.05) is 36.6 Å². The first-order valence-corrected chi connectivity index (χ1v) is 11.4. The van der Waals surface area contributed by atoms with E-state index in [0.29, 0.717) is 17.9 Å². The molecule has 0 radical (unpaired) electrons. The van der Waals surface area contributed by atoms with Gasteiger partial charge in [0.1, 0.15) is 5.75 Å². The number of carbonyl (C=O) groups is 2. The van der Waals surface area contributed by atoms with Crippen LogP contribution in [0.3, 0.4) is 0 Å². The molecule has 7 heteroatoms. The zero-order valence-corrected chi connectivity index (χ0v) is 19.1. The minimum atomic E-state index is -0.177. The SMILES string of the molecule is CC1CCCC(C)N1C(=O)COc1ccc(C(=O)NCc2ccccc2-n2cccn2)cc1. The van der Waals surface area contributed by atoms with Gasteiger partial charge in [0.15, 0.2) is 6.61 Å². The summed E-state index contributed by atoms with van der Waals surface area (Å²) in [5, 5.41) is 7.23. The molecule has 1 saturated heterocycles. The first kappa shape index (κ1) is 22.6. The van der Waals surface area contributed by atoms with Gasteiger partial charge in [-0.05, 0) is 75.1 Å². The fourth-order valence-corrected chi connectivity index (χ4v) is 4.41. The number of nitrogens with one attached hydrogen (secondary N) is 1. The van der Waals surface area contributed by atoms with E-state index in [2.05, 4.69) is 24.3 Å². The summed E-state index contributed by atoms with van der Waals surface area (Å²) in [5.74, 6) is 0.400. The maximum absolute atomic E-state index is 12.6. The van der Waals surface area contributed by atoms with Gasteiger partial charge in [-0.25, -0.2) is 4.68 Å². The van der Waals surface area contributed by atoms with Gasteiger partial charge in [-0.1, -0.05) is 18.2 Å². The second-order valence-electron chi connectivity index (χ2n) is 8.51. The second kappa shape index (κ2) is 10.3. The number of amides is 2. The smallest absolute Gasteiger partial charge is 0.260 e. The molecule has 2 unspecified atom stereocenters. The molecule has 1 fully saturated rings. The molecule has 0 spiro atoms. The number of carbonyl (C=O) groups excluding carboxylic acids is 2. The molecular weight excluding hydrogens is 416 g/mol. The topological polar surface area (TPSA) is 76.5 Å². The van der Waals surface area contributed by atoms with Crippen LogP contribution < -0.4 is 10.1 Å². The van der Waals surface area contributed by atoms with E-state index in [-0.39, 0.29) is 30.5 Å². The molecular formula is C26H30N4O3. The zero-order valence-electron chi connectivity index (χ0n) is 19.1. The van der Waals surface area contributed by atoms with E-state index >= 15 is 0 Å². The number of likely N-dealkylation sites (tertiary alicyclic amines) is 1. The van der Waals surface area contributed by atoms with Crippen molar-refractivity contribution >= 4 is 11.8 Å². The summed E-state index contributed by atoms with van der Waals surface area (Å²) >= 11 is 0. The Morgan fingerprint density at radius 1 is 1.03 bits per heavy atom. The molecule has 2 heterocycles. The molecule has 1 aliphatic rings. The van der Waals surface area contributed by atoms with Crippen LogP contribution in [-0.2, 0) is 11.3 Å². The number of benzene rings is 2. The van der Waals surface area contributed by atoms with Gasteiger partial charge < -0.3 is 15.0 Å². The summed E-state index contributed by atoms with van der Waals surface area (Å²) in [6, 6.07) is 17.0. The molecule has 172 valence electrons. The first-order valence-electron chi connectivity index (χ1n) is 11.4. The van der Waals surface area contributed by atoms with E-state index in [0.717, 1.165) is 30.5 Å². The Bertz CT molecular complexity index is 1070. The third-order valence-electron chi connectivity index (χ3n) is 6.14. The number of ether oxygens (including phenoxy) is 1. The number of nitrogens with zero attached hydrogens (tertiary/aromatic N) is 3. The van der Waals surface area contributed by atoms with Crippen molar-refractivity contribution in [2.45, 2.75) is 51.7 Å². The van der Waals surface area contributed by atoms with E-state index in [1.165, 1.54) is 0 Å². The van der Waals surface area contributed by atoms with Crippen molar-refractivity contribution < 1.29 is 14.3 Å². The molecule has 0 aliphatic carbocycles. The predicted octanol–water partition coefficient (Wildman–Crippen LogP) is 3.97. The van der Waals surface area contributed by atoms with Crippen LogP contribution in [0.1, 0.15) is 49.0 Å². The van der Waals surface area contributed by atoms with Gasteiger partial charge in [-0.3, -0.25) is 9.59 Å². The standard InChI is InChI=1S/C26H30N4O3/c1-19-7-5-8-20(2)30(19)25(31)18-33-23-13-11-21(12-14-23)26(32)27-17-22-9-3-4-10-24(22)29-16-6-15-28-29/h3-4,6,9-16,19-20H,5,7-8,17-18H2,1-2H3,(H,27,32). The van der Waals surface area contributed by atoms with Crippen molar-refractivity contribution in [3.8, 4) is 11.4 Å². The van der Waals surface area contributed by atoms with Crippen molar-refractivity contribution in [3.05, 3.63) is 78.1 Å². The monoisotopic (exact) mass is 446 g/mol. The number of rotatable bonds is 7. The average Bonchev–Trinajstić information content (AvgIpc) is 3.36. The minimum Gasteiger partial charge on any atom is -0.484 e. The molecule has 2 atom stereocenters. The lowest BCUT2D eigenvalue weighted by Gasteiger charge is -2.38. The second-order valence-corrected chi connectivity index (χ2v) is 8.51. The van der Waals surface area contributed by atoms with E-state index < -0.39 is 0 Å². The van der Waals surface area contributed by atoms with Crippen molar-refractivity contribution in [2.75, 3.05) is 6.61 Å². The predicted molar refractivity (Wildman–Crippen MR) is 126 cm³/mol. The van der Waals surface area contributed by atoms with Crippen LogP contribution in [0.5, 0.6) is 5.75 Å². The van der Waals surface area contributed by atoms with Crippen LogP contribution in [0.15, 0.2) is 67.0 Å². The van der Waals surface area contributed by atoms with Crippen LogP contribution in [0.4, 0.5) is 0 Å². The van der Waals surface area contributed by atoms with Crippen molar-refractivity contribution in [1.82, 2.24) is 20.0 Å². The van der Waals surface area contributed by atoms with E-state index in [1.54, 1.807) is 35.1 Å². The van der Waals surface area contributed by atoms with Crippen molar-refractivity contribution in [3.63, 3.8) is 0 Å². The summed E-state index contributed by atoms with van der Waals surface area (Å²) in [5.41, 5.74) is 2.42. The summed E-state index contributed by atoms with van der Waals surface area (Å²) < 4.78 is 7.48. The Labute approximate surface area is 194 Å². The lowest BCUT2D eigenvalue weighted by atomic mass is 9.97. The summed E-state index contributed by atoms with van der Waals surface area (Å²) in [6.45, 7) is 4.57. The number of hydrogen-bond acceptors (Lipinski definition) is 4. The molecule has 3 aromatic rings. The summed E-state index contributed by atoms with van der Waals surface area (Å²) in [4.78, 5) is 27.2. The normalized spacial score (nSPS) is 18.1. The Hall–Kier alpha value is -3.61. The Kier molecular flexibility index (Phi) is 7.07. The lowest BCUT2D eigenvalue weighted by molar-refractivity contribution is -0.139. The highest BCUT2D eigenvalue weighted by Gasteiger charge is 2.28. The molecule has 1 aromatic heterocycles. The fraction of sp³-hybridized carbons (Fsp3) is 0.346. The third kappa shape index (κ3) is 5.42. The first-order chi connectivity index (χ1) is 16.0. The largest absolute Gasteiger partial charge is 0.484 e. The number of hydrogen-bond donors (Lipinski definition) is 1. The summed E-state index contributed by atoms with van der Waals surface area (Å²) in [6.07, 6.45) is 6.82. The molecule has 2 aromatic carbocycles. The number of aromatic nitrogens is 2. The van der Waals surface area contributed by atoms with Gasteiger partial charge in [-0.15, -0.1) is 0 Å². The highest BCUT2D eigenvalue weighted by Crippen LogP contribution is 2.23. The van der Waals surface area contributed by atoms with Crippen molar-refractivity contribution in [2.24, 2.45) is 0 Å². The summed E-state index contributed by atoms with van der Waals surface area (Å²) in [7, 11) is 0. The van der Waals surface area contributed by atoms with E-state index in [9.17, 15) is 9.59 Å². The molecule has 1 N–H and O–H groups in total. The van der Waals surface area contributed by atoms with Gasteiger partial charge in [-0.2, -0.15) is 5.10 Å². The average molecular weight is 447 g/mol. The number of piperidine rings is 1. The van der Waals surface area contributed by atoms with Crippen LogP contribution in [0.25, 0.3) is 5.69 Å². The van der Waals surface area contributed by atoms with Gasteiger partial charge in [0.05, 0.1) is 5.69 Å². The quantitative estimate of drug-likeness (QED) is 0.596. The molecule has 7 nitrogen and oxygen atoms in total. The Morgan fingerprint density at radius 3 is 2.45 bits per heavy atom. The van der Waals surface area contributed by atoms with Crippen LogP contribution in [0.2, 0.25) is 0 Å². The van der Waals surface area contributed by atoms with Crippen LogP contribution >= 0.6 is 0 Å². The highest BCUT2D eigenvalue weighted by molar-refractivity contribution is 5.94. The van der Waals surface area contributed by atoms with Gasteiger partial charge in [0.25, 0.3) is 11.8 Å². The zero-order chi connectivity index (χ0) is 23.2. The molecule has 4 rings (SSSR count). The van der Waals surface area contributed by atoms with E-state index in [4.69, 9.17) is 4.74 Å². The van der Waals surface area contributed by atoms with Crippen LogP contribution in [0, 0.1) is 0 Å². The fourth-order valence-electron chi connectivity index (χ4n) is 4.41. The maximum atomic E-state index is 12.6.